The molecule has 0 unspecified atom stereocenters. The van der Waals surface area contributed by atoms with Gasteiger partial charge in [-0.25, -0.2) is 4.68 Å². The van der Waals surface area contributed by atoms with Crippen LogP contribution in [0, 0.1) is 0 Å². The van der Waals surface area contributed by atoms with Crippen LogP contribution in [0.1, 0.15) is 70.8 Å². The van der Waals surface area contributed by atoms with Crippen molar-refractivity contribution >= 4 is 0 Å². The molecule has 0 saturated carbocycles. The van der Waals surface area contributed by atoms with Gasteiger partial charge in [0.05, 0.1) is 0 Å². The lowest BCUT2D eigenvalue weighted by Crippen LogP contribution is -2.31. The van der Waals surface area contributed by atoms with Crippen LogP contribution >= 0.6 is 0 Å². The van der Waals surface area contributed by atoms with Crippen molar-refractivity contribution in [1.82, 2.24) is 14.9 Å². The molecule has 0 aliphatic heterocycles. The fraction of sp³-hybridized carbons (Fsp3) is 0.857. The van der Waals surface area contributed by atoms with E-state index in [4.69, 9.17) is 9.47 Å². The molecule has 1 aromatic heterocycles. The second-order valence-electron chi connectivity index (χ2n) is 5.03. The summed E-state index contributed by atoms with van der Waals surface area (Å²) in [6, 6.07) is 0.390. The van der Waals surface area contributed by atoms with Crippen molar-refractivity contribution in [3.05, 3.63) is 11.6 Å². The molecule has 3 atom stereocenters. The van der Waals surface area contributed by atoms with E-state index in [0.717, 1.165) is 30.9 Å². The van der Waals surface area contributed by atoms with Crippen molar-refractivity contribution in [2.75, 3.05) is 19.6 Å². The number of rotatable bonds is 9. The van der Waals surface area contributed by atoms with E-state index in [0.29, 0.717) is 6.04 Å². The number of hydrogen-bond acceptors (Lipinski definition) is 5. The lowest BCUT2D eigenvalue weighted by atomic mass is 10.1. The molecule has 116 valence electrons. The van der Waals surface area contributed by atoms with Gasteiger partial charge < -0.3 is 14.9 Å². The minimum absolute atomic E-state index is 0.119. The highest BCUT2D eigenvalue weighted by Gasteiger charge is 2.22. The Balaban J connectivity index is 3.06. The summed E-state index contributed by atoms with van der Waals surface area (Å²) in [6.07, 6.45) is 3.06. The van der Waals surface area contributed by atoms with E-state index in [-0.39, 0.29) is 12.2 Å². The molecule has 0 aromatic carbocycles. The molecule has 0 fully saturated rings. The van der Waals surface area contributed by atoms with Crippen LogP contribution in [0.2, 0.25) is 0 Å². The van der Waals surface area contributed by atoms with Crippen LogP contribution in [0.25, 0.3) is 0 Å². The maximum Gasteiger partial charge on any atom is 0.180 e. The number of aromatic nitrogens is 3. The van der Waals surface area contributed by atoms with Gasteiger partial charge in [-0.3, -0.25) is 0 Å². The van der Waals surface area contributed by atoms with E-state index in [2.05, 4.69) is 29.5 Å². The van der Waals surface area contributed by atoms with Gasteiger partial charge in [0.2, 0.25) is 0 Å². The van der Waals surface area contributed by atoms with Crippen LogP contribution in [0.3, 0.4) is 0 Å². The third kappa shape index (κ3) is 3.93. The van der Waals surface area contributed by atoms with Crippen molar-refractivity contribution in [3.63, 3.8) is 0 Å². The van der Waals surface area contributed by atoms with Crippen LogP contribution in [0.5, 0.6) is 0 Å². The minimum Gasteiger partial charge on any atom is -0.374 e. The maximum atomic E-state index is 5.37. The summed E-state index contributed by atoms with van der Waals surface area (Å²) < 4.78 is 12.7. The van der Waals surface area contributed by atoms with Crippen molar-refractivity contribution in [2.24, 2.45) is 0 Å². The fourth-order valence-electron chi connectivity index (χ4n) is 2.07. The molecular formula is C14H28N4O2. The molecule has 1 heterocycles. The molecule has 1 aromatic rings. The third-order valence-electron chi connectivity index (χ3n) is 3.59. The molecule has 6 nitrogen and oxygen atoms in total. The number of hydrogen-bond donors (Lipinski definition) is 1. The molecule has 1 N–H and O–H groups in total. The smallest absolute Gasteiger partial charge is 0.180 e. The van der Waals surface area contributed by atoms with E-state index in [1.165, 1.54) is 0 Å². The summed E-state index contributed by atoms with van der Waals surface area (Å²) >= 11 is 0. The zero-order valence-corrected chi connectivity index (χ0v) is 13.5. The first kappa shape index (κ1) is 16.9. The topological polar surface area (TPSA) is 61.2 Å². The molecular weight excluding hydrogens is 256 g/mol. The van der Waals surface area contributed by atoms with Crippen molar-refractivity contribution < 1.29 is 9.47 Å². The highest BCUT2D eigenvalue weighted by atomic mass is 16.5. The van der Waals surface area contributed by atoms with E-state index >= 15 is 0 Å². The van der Waals surface area contributed by atoms with Crippen molar-refractivity contribution in [3.8, 4) is 0 Å². The minimum atomic E-state index is -0.119. The molecule has 0 radical (unpaired) electrons. The van der Waals surface area contributed by atoms with Gasteiger partial charge in [-0.05, 0) is 26.7 Å². The number of ether oxygens (including phenoxy) is 2. The highest BCUT2D eigenvalue weighted by Crippen LogP contribution is 2.20. The Morgan fingerprint density at radius 3 is 1.90 bits per heavy atom. The SMILES string of the molecule is CCC[C@@H](CC)Nn1c([C@H](C)OC)nnc1[C@H](C)OC. The largest absolute Gasteiger partial charge is 0.374 e. The van der Waals surface area contributed by atoms with Gasteiger partial charge in [0.25, 0.3) is 0 Å². The van der Waals surface area contributed by atoms with Gasteiger partial charge in [-0.1, -0.05) is 20.3 Å². The van der Waals surface area contributed by atoms with Crippen LogP contribution in [-0.4, -0.2) is 35.1 Å². The normalized spacial score (nSPS) is 15.9. The molecule has 0 amide bonds. The number of nitrogens with one attached hydrogen (secondary N) is 1. The summed E-state index contributed by atoms with van der Waals surface area (Å²) in [6.45, 7) is 8.29. The first-order chi connectivity index (χ1) is 9.58. The summed E-state index contributed by atoms with van der Waals surface area (Å²) in [5.74, 6) is 1.56. The maximum absolute atomic E-state index is 5.37. The lowest BCUT2D eigenvalue weighted by molar-refractivity contribution is 0.101. The Hall–Kier alpha value is -1.14. The Morgan fingerprint density at radius 1 is 1.05 bits per heavy atom. The van der Waals surface area contributed by atoms with Crippen molar-refractivity contribution in [1.29, 1.82) is 0 Å². The van der Waals surface area contributed by atoms with Crippen molar-refractivity contribution in [2.45, 2.75) is 65.2 Å². The van der Waals surface area contributed by atoms with E-state index < -0.39 is 0 Å². The van der Waals surface area contributed by atoms with Gasteiger partial charge in [0.1, 0.15) is 12.2 Å². The quantitative estimate of drug-likeness (QED) is 0.755. The zero-order chi connectivity index (χ0) is 15.1. The molecule has 0 aliphatic rings. The average Bonchev–Trinajstić information content (AvgIpc) is 2.88. The van der Waals surface area contributed by atoms with Crippen LogP contribution < -0.4 is 5.43 Å². The Bertz CT molecular complexity index is 367. The monoisotopic (exact) mass is 284 g/mol. The van der Waals surface area contributed by atoms with Crippen LogP contribution in [-0.2, 0) is 9.47 Å². The molecule has 0 spiro atoms. The predicted octanol–water partition coefficient (Wildman–Crippen LogP) is 2.82. The summed E-state index contributed by atoms with van der Waals surface area (Å²) in [5, 5.41) is 8.50. The Morgan fingerprint density at radius 2 is 1.55 bits per heavy atom. The van der Waals surface area contributed by atoms with Gasteiger partial charge in [0, 0.05) is 20.3 Å². The summed E-state index contributed by atoms with van der Waals surface area (Å²) in [5.41, 5.74) is 3.51. The summed E-state index contributed by atoms with van der Waals surface area (Å²) in [4.78, 5) is 0. The fourth-order valence-corrected chi connectivity index (χ4v) is 2.07. The van der Waals surface area contributed by atoms with Crippen LogP contribution in [0.15, 0.2) is 0 Å². The first-order valence-corrected chi connectivity index (χ1v) is 7.36. The van der Waals surface area contributed by atoms with Gasteiger partial charge in [-0.15, -0.1) is 10.2 Å². The summed E-state index contributed by atoms with van der Waals surface area (Å²) in [7, 11) is 3.35. The Kier molecular flexibility index (Phi) is 6.95. The number of methoxy groups -OCH3 is 2. The molecule has 0 aliphatic carbocycles. The molecule has 20 heavy (non-hydrogen) atoms. The average molecular weight is 284 g/mol. The van der Waals surface area contributed by atoms with Gasteiger partial charge in [0.15, 0.2) is 11.6 Å². The number of nitrogens with zero attached hydrogens (tertiary/aromatic N) is 3. The van der Waals surface area contributed by atoms with Gasteiger partial charge in [-0.2, -0.15) is 0 Å². The first-order valence-electron chi connectivity index (χ1n) is 7.36. The van der Waals surface area contributed by atoms with Gasteiger partial charge >= 0.3 is 0 Å². The lowest BCUT2D eigenvalue weighted by Gasteiger charge is -2.23. The molecule has 0 bridgehead atoms. The second-order valence-corrected chi connectivity index (χ2v) is 5.03. The van der Waals surface area contributed by atoms with Crippen LogP contribution in [0.4, 0.5) is 0 Å². The van der Waals surface area contributed by atoms with E-state index in [1.54, 1.807) is 14.2 Å². The molecule has 0 saturated heterocycles. The molecule has 1 rings (SSSR count). The van der Waals surface area contributed by atoms with E-state index in [1.807, 2.05) is 18.5 Å². The standard InChI is InChI=1S/C14H28N4O2/c1-7-9-12(8-2)17-18-13(10(3)19-5)15-16-14(18)11(4)20-6/h10-12,17H,7-9H2,1-6H3/t10-,11-,12+/m0/s1. The third-order valence-corrected chi connectivity index (χ3v) is 3.59. The molecule has 6 heteroatoms. The Labute approximate surface area is 121 Å². The zero-order valence-electron chi connectivity index (χ0n) is 13.5. The van der Waals surface area contributed by atoms with E-state index in [9.17, 15) is 0 Å². The second kappa shape index (κ2) is 8.21. The highest BCUT2D eigenvalue weighted by molar-refractivity contribution is 5.05. The predicted molar refractivity (Wildman–Crippen MR) is 79.2 cm³/mol.